The number of esters is 1. The van der Waals surface area contributed by atoms with Gasteiger partial charge in [-0.2, -0.15) is 0 Å². The smallest absolute Gasteiger partial charge is 0.323 e. The lowest BCUT2D eigenvalue weighted by molar-refractivity contribution is -0.146. The number of ether oxygens (including phenoxy) is 2. The van der Waals surface area contributed by atoms with Gasteiger partial charge < -0.3 is 9.47 Å². The fraction of sp³-hybridized carbons (Fsp3) is 0.533. The molecule has 2 atom stereocenters. The molecule has 1 N–H and O–H groups in total. The summed E-state index contributed by atoms with van der Waals surface area (Å²) in [4.78, 5) is 11.7. The Bertz CT molecular complexity index is 389. The van der Waals surface area contributed by atoms with Gasteiger partial charge in [0.1, 0.15) is 11.8 Å². The van der Waals surface area contributed by atoms with E-state index in [2.05, 4.69) is 5.32 Å². The lowest BCUT2D eigenvalue weighted by atomic mass is 10.1. The summed E-state index contributed by atoms with van der Waals surface area (Å²) >= 11 is 0. The minimum atomic E-state index is -0.267. The molecular formula is C15H23NO3. The van der Waals surface area contributed by atoms with Crippen LogP contribution in [0.2, 0.25) is 0 Å². The van der Waals surface area contributed by atoms with Crippen LogP contribution in [-0.2, 0) is 9.53 Å². The summed E-state index contributed by atoms with van der Waals surface area (Å²) in [6.45, 7) is 6.23. The zero-order valence-electron chi connectivity index (χ0n) is 12.1. The molecule has 19 heavy (non-hydrogen) atoms. The zero-order valence-corrected chi connectivity index (χ0v) is 12.1. The standard InChI is InChI=1S/C15H23NO3/c1-5-14(15(17)19-6-2)16-11(3)12-7-9-13(18-4)10-8-12/h7-11,14,16H,5-6H2,1-4H3/t11-,14?/m0/s1. The number of hydrogen-bond donors (Lipinski definition) is 1. The number of nitrogens with one attached hydrogen (secondary N) is 1. The molecule has 1 aromatic carbocycles. The molecule has 0 spiro atoms. The number of carbonyl (C=O) groups excluding carboxylic acids is 1. The SMILES string of the molecule is CCOC(=O)C(CC)N[C@@H](C)c1ccc(OC)cc1. The third-order valence-corrected chi connectivity index (χ3v) is 3.05. The molecule has 0 fully saturated rings. The second-order valence-corrected chi connectivity index (χ2v) is 4.37. The van der Waals surface area contributed by atoms with Crippen LogP contribution in [0.4, 0.5) is 0 Å². The lowest BCUT2D eigenvalue weighted by Crippen LogP contribution is -2.39. The van der Waals surface area contributed by atoms with E-state index in [0.717, 1.165) is 11.3 Å². The number of rotatable bonds is 7. The second kappa shape index (κ2) is 7.79. The topological polar surface area (TPSA) is 47.6 Å². The van der Waals surface area contributed by atoms with E-state index in [9.17, 15) is 4.79 Å². The fourth-order valence-electron chi connectivity index (χ4n) is 1.89. The average molecular weight is 265 g/mol. The lowest BCUT2D eigenvalue weighted by Gasteiger charge is -2.21. The van der Waals surface area contributed by atoms with Crippen molar-refractivity contribution in [1.29, 1.82) is 0 Å². The molecule has 0 saturated heterocycles. The molecule has 0 amide bonds. The Morgan fingerprint density at radius 3 is 2.37 bits per heavy atom. The van der Waals surface area contributed by atoms with Gasteiger partial charge in [-0.3, -0.25) is 10.1 Å². The molecule has 106 valence electrons. The van der Waals surface area contributed by atoms with E-state index in [1.54, 1.807) is 7.11 Å². The summed E-state index contributed by atoms with van der Waals surface area (Å²) in [5.41, 5.74) is 1.11. The zero-order chi connectivity index (χ0) is 14.3. The van der Waals surface area contributed by atoms with Crippen LogP contribution in [0.3, 0.4) is 0 Å². The van der Waals surface area contributed by atoms with Gasteiger partial charge in [0.15, 0.2) is 0 Å². The van der Waals surface area contributed by atoms with Crippen molar-refractivity contribution in [3.63, 3.8) is 0 Å². The highest BCUT2D eigenvalue weighted by atomic mass is 16.5. The van der Waals surface area contributed by atoms with Crippen molar-refractivity contribution in [2.75, 3.05) is 13.7 Å². The van der Waals surface area contributed by atoms with E-state index in [1.807, 2.05) is 45.0 Å². The predicted octanol–water partition coefficient (Wildman–Crippen LogP) is 2.69. The Morgan fingerprint density at radius 2 is 1.89 bits per heavy atom. The molecule has 1 unspecified atom stereocenters. The summed E-state index contributed by atoms with van der Waals surface area (Å²) < 4.78 is 10.2. The quantitative estimate of drug-likeness (QED) is 0.770. The van der Waals surface area contributed by atoms with Crippen LogP contribution in [0.1, 0.15) is 38.8 Å². The maximum atomic E-state index is 11.7. The Kier molecular flexibility index (Phi) is 6.36. The van der Waals surface area contributed by atoms with Crippen molar-refractivity contribution >= 4 is 5.97 Å². The Labute approximate surface area is 115 Å². The van der Waals surface area contributed by atoms with Gasteiger partial charge in [-0.05, 0) is 38.0 Å². The van der Waals surface area contributed by atoms with Crippen molar-refractivity contribution in [1.82, 2.24) is 5.32 Å². The molecule has 0 aliphatic rings. The van der Waals surface area contributed by atoms with Crippen LogP contribution in [0.15, 0.2) is 24.3 Å². The highest BCUT2D eigenvalue weighted by Crippen LogP contribution is 2.18. The first-order chi connectivity index (χ1) is 9.12. The summed E-state index contributed by atoms with van der Waals surface area (Å²) in [6, 6.07) is 7.64. The van der Waals surface area contributed by atoms with E-state index in [-0.39, 0.29) is 18.1 Å². The molecule has 0 aliphatic heterocycles. The third kappa shape index (κ3) is 4.56. The second-order valence-electron chi connectivity index (χ2n) is 4.37. The molecule has 0 bridgehead atoms. The molecular weight excluding hydrogens is 242 g/mol. The Hall–Kier alpha value is -1.55. The predicted molar refractivity (Wildman–Crippen MR) is 75.3 cm³/mol. The van der Waals surface area contributed by atoms with Crippen molar-refractivity contribution in [3.8, 4) is 5.75 Å². The molecule has 1 rings (SSSR count). The third-order valence-electron chi connectivity index (χ3n) is 3.05. The number of methoxy groups -OCH3 is 1. The first-order valence-electron chi connectivity index (χ1n) is 6.69. The van der Waals surface area contributed by atoms with Crippen LogP contribution in [-0.4, -0.2) is 25.7 Å². The van der Waals surface area contributed by atoms with Crippen molar-refractivity contribution in [2.45, 2.75) is 39.3 Å². The van der Waals surface area contributed by atoms with Gasteiger partial charge in [-0.25, -0.2) is 0 Å². The molecule has 0 aliphatic carbocycles. The van der Waals surface area contributed by atoms with E-state index in [1.165, 1.54) is 0 Å². The first-order valence-corrected chi connectivity index (χ1v) is 6.69. The van der Waals surface area contributed by atoms with Crippen molar-refractivity contribution in [3.05, 3.63) is 29.8 Å². The Morgan fingerprint density at radius 1 is 1.26 bits per heavy atom. The van der Waals surface area contributed by atoms with E-state index < -0.39 is 0 Å². The number of hydrogen-bond acceptors (Lipinski definition) is 4. The van der Waals surface area contributed by atoms with E-state index in [4.69, 9.17) is 9.47 Å². The monoisotopic (exact) mass is 265 g/mol. The highest BCUT2D eigenvalue weighted by molar-refractivity contribution is 5.75. The van der Waals surface area contributed by atoms with E-state index in [0.29, 0.717) is 13.0 Å². The largest absolute Gasteiger partial charge is 0.497 e. The van der Waals surface area contributed by atoms with Crippen LogP contribution < -0.4 is 10.1 Å². The van der Waals surface area contributed by atoms with Gasteiger partial charge >= 0.3 is 5.97 Å². The van der Waals surface area contributed by atoms with Crippen molar-refractivity contribution < 1.29 is 14.3 Å². The number of carbonyl (C=O) groups is 1. The van der Waals surface area contributed by atoms with Gasteiger partial charge in [0.05, 0.1) is 13.7 Å². The van der Waals surface area contributed by atoms with Gasteiger partial charge in [-0.1, -0.05) is 19.1 Å². The van der Waals surface area contributed by atoms with Gasteiger partial charge in [0.25, 0.3) is 0 Å². The maximum absolute atomic E-state index is 11.7. The average Bonchev–Trinajstić information content (AvgIpc) is 2.44. The summed E-state index contributed by atoms with van der Waals surface area (Å²) in [6.07, 6.45) is 0.708. The minimum absolute atomic E-state index is 0.0836. The molecule has 0 radical (unpaired) electrons. The highest BCUT2D eigenvalue weighted by Gasteiger charge is 2.20. The van der Waals surface area contributed by atoms with Crippen LogP contribution in [0.25, 0.3) is 0 Å². The van der Waals surface area contributed by atoms with Crippen LogP contribution in [0, 0.1) is 0 Å². The summed E-state index contributed by atoms with van der Waals surface area (Å²) in [5.74, 6) is 0.638. The molecule has 4 nitrogen and oxygen atoms in total. The maximum Gasteiger partial charge on any atom is 0.323 e. The normalized spacial score (nSPS) is 13.7. The molecule has 1 aromatic rings. The molecule has 4 heteroatoms. The molecule has 0 saturated carbocycles. The van der Waals surface area contributed by atoms with Gasteiger partial charge in [-0.15, -0.1) is 0 Å². The summed E-state index contributed by atoms with van der Waals surface area (Å²) in [7, 11) is 1.64. The Balaban J connectivity index is 2.65. The van der Waals surface area contributed by atoms with Crippen LogP contribution in [0.5, 0.6) is 5.75 Å². The minimum Gasteiger partial charge on any atom is -0.497 e. The fourth-order valence-corrected chi connectivity index (χ4v) is 1.89. The molecule has 0 aromatic heterocycles. The van der Waals surface area contributed by atoms with Gasteiger partial charge in [0, 0.05) is 6.04 Å². The van der Waals surface area contributed by atoms with E-state index >= 15 is 0 Å². The number of benzene rings is 1. The van der Waals surface area contributed by atoms with Crippen LogP contribution >= 0.6 is 0 Å². The first kappa shape index (κ1) is 15.5. The van der Waals surface area contributed by atoms with Crippen molar-refractivity contribution in [2.24, 2.45) is 0 Å². The molecule has 0 heterocycles. The summed E-state index contributed by atoms with van der Waals surface area (Å²) in [5, 5.41) is 3.29. The van der Waals surface area contributed by atoms with Gasteiger partial charge in [0.2, 0.25) is 0 Å².